The molecule has 0 saturated carbocycles. The van der Waals surface area contributed by atoms with Crippen molar-refractivity contribution < 1.29 is 5.11 Å². The predicted molar refractivity (Wildman–Crippen MR) is 88.5 cm³/mol. The summed E-state index contributed by atoms with van der Waals surface area (Å²) in [6.07, 6.45) is 3.33. The van der Waals surface area contributed by atoms with Crippen LogP contribution in [0.15, 0.2) is 30.3 Å². The van der Waals surface area contributed by atoms with Crippen molar-refractivity contribution in [1.82, 2.24) is 10.2 Å². The maximum Gasteiger partial charge on any atom is 0.0587 e. The molecular weight excluding hydrogens is 260 g/mol. The van der Waals surface area contributed by atoms with Crippen LogP contribution in [0.2, 0.25) is 0 Å². The second kappa shape index (κ2) is 7.39. The summed E-state index contributed by atoms with van der Waals surface area (Å²) in [5, 5.41) is 13.3. The highest BCUT2D eigenvalue weighted by Gasteiger charge is 2.28. The molecular formula is C18H30N2O. The first kappa shape index (κ1) is 16.5. The van der Waals surface area contributed by atoms with Crippen molar-refractivity contribution in [3.8, 4) is 0 Å². The van der Waals surface area contributed by atoms with E-state index in [2.05, 4.69) is 55.3 Å². The molecule has 3 nitrogen and oxygen atoms in total. The van der Waals surface area contributed by atoms with Crippen molar-refractivity contribution >= 4 is 0 Å². The average Bonchev–Trinajstić information content (AvgIpc) is 2.47. The Morgan fingerprint density at radius 3 is 2.62 bits per heavy atom. The van der Waals surface area contributed by atoms with Crippen molar-refractivity contribution in [2.75, 3.05) is 19.7 Å². The number of piperidine rings is 1. The van der Waals surface area contributed by atoms with Crippen LogP contribution in [0.3, 0.4) is 0 Å². The lowest BCUT2D eigenvalue weighted by molar-refractivity contribution is 0.0834. The molecule has 0 aromatic heterocycles. The minimum atomic E-state index is 0.150. The molecule has 1 fully saturated rings. The SMILES string of the molecule is CC(C)(C)N1CCCC(N[C@@H](CO)Cc2ccccc2)C1. The molecule has 0 bridgehead atoms. The van der Waals surface area contributed by atoms with Crippen LogP contribution in [0.1, 0.15) is 39.2 Å². The van der Waals surface area contributed by atoms with Crippen molar-refractivity contribution in [1.29, 1.82) is 0 Å². The van der Waals surface area contributed by atoms with Gasteiger partial charge in [-0.3, -0.25) is 4.90 Å². The van der Waals surface area contributed by atoms with E-state index in [1.165, 1.54) is 24.9 Å². The highest BCUT2D eigenvalue weighted by atomic mass is 16.3. The molecule has 1 aliphatic rings. The number of rotatable bonds is 5. The van der Waals surface area contributed by atoms with E-state index in [0.717, 1.165) is 13.0 Å². The molecule has 0 amide bonds. The van der Waals surface area contributed by atoms with Crippen LogP contribution in [0.25, 0.3) is 0 Å². The van der Waals surface area contributed by atoms with Gasteiger partial charge in [0.15, 0.2) is 0 Å². The lowest BCUT2D eigenvalue weighted by Gasteiger charge is -2.42. The average molecular weight is 290 g/mol. The Kier molecular flexibility index (Phi) is 5.80. The summed E-state index contributed by atoms with van der Waals surface area (Å²) in [6.45, 7) is 9.30. The fourth-order valence-corrected chi connectivity index (χ4v) is 3.13. The molecule has 21 heavy (non-hydrogen) atoms. The number of benzene rings is 1. The lowest BCUT2D eigenvalue weighted by Crippen LogP contribution is -2.55. The largest absolute Gasteiger partial charge is 0.395 e. The molecule has 1 aromatic rings. The number of hydrogen-bond donors (Lipinski definition) is 2. The summed E-state index contributed by atoms with van der Waals surface area (Å²) >= 11 is 0. The van der Waals surface area contributed by atoms with Gasteiger partial charge in [-0.2, -0.15) is 0 Å². The van der Waals surface area contributed by atoms with E-state index in [0.29, 0.717) is 6.04 Å². The first-order valence-corrected chi connectivity index (χ1v) is 8.15. The van der Waals surface area contributed by atoms with Gasteiger partial charge in [0.25, 0.3) is 0 Å². The van der Waals surface area contributed by atoms with Gasteiger partial charge in [0, 0.05) is 24.2 Å². The van der Waals surface area contributed by atoms with Crippen LogP contribution in [-0.4, -0.2) is 47.3 Å². The summed E-state index contributed by atoms with van der Waals surface area (Å²) < 4.78 is 0. The van der Waals surface area contributed by atoms with Gasteiger partial charge in [0.2, 0.25) is 0 Å². The van der Waals surface area contributed by atoms with E-state index in [-0.39, 0.29) is 18.2 Å². The van der Waals surface area contributed by atoms with E-state index in [1.807, 2.05) is 6.07 Å². The molecule has 1 saturated heterocycles. The quantitative estimate of drug-likeness (QED) is 0.874. The first-order valence-electron chi connectivity index (χ1n) is 8.15. The summed E-state index contributed by atoms with van der Waals surface area (Å²) in [6, 6.07) is 11.1. The van der Waals surface area contributed by atoms with Gasteiger partial charge in [-0.25, -0.2) is 0 Å². The van der Waals surface area contributed by atoms with Crippen molar-refractivity contribution in [2.24, 2.45) is 0 Å². The third-order valence-electron chi connectivity index (χ3n) is 4.39. The van der Waals surface area contributed by atoms with Gasteiger partial charge < -0.3 is 10.4 Å². The van der Waals surface area contributed by atoms with Gasteiger partial charge in [0.1, 0.15) is 0 Å². The second-order valence-electron chi connectivity index (χ2n) is 7.19. The Morgan fingerprint density at radius 2 is 2.00 bits per heavy atom. The molecule has 2 atom stereocenters. The van der Waals surface area contributed by atoms with Gasteiger partial charge in [-0.15, -0.1) is 0 Å². The zero-order valence-corrected chi connectivity index (χ0v) is 13.7. The minimum Gasteiger partial charge on any atom is -0.395 e. The molecule has 0 spiro atoms. The third-order valence-corrected chi connectivity index (χ3v) is 4.39. The number of aliphatic hydroxyl groups excluding tert-OH is 1. The van der Waals surface area contributed by atoms with Crippen molar-refractivity contribution in [3.05, 3.63) is 35.9 Å². The second-order valence-corrected chi connectivity index (χ2v) is 7.19. The van der Waals surface area contributed by atoms with E-state index in [9.17, 15) is 5.11 Å². The maximum absolute atomic E-state index is 9.67. The normalized spacial score (nSPS) is 22.2. The standard InChI is InChI=1S/C18H30N2O/c1-18(2,3)20-11-7-10-16(13-20)19-17(14-21)12-15-8-5-4-6-9-15/h4-6,8-9,16-17,19,21H,7,10-14H2,1-3H3/t16?,17-/m1/s1. The molecule has 1 heterocycles. The molecule has 2 N–H and O–H groups in total. The van der Waals surface area contributed by atoms with E-state index in [1.54, 1.807) is 0 Å². The molecule has 118 valence electrons. The Labute approximate surface area is 129 Å². The summed E-state index contributed by atoms with van der Waals surface area (Å²) in [7, 11) is 0. The van der Waals surface area contributed by atoms with Crippen LogP contribution in [0, 0.1) is 0 Å². The third kappa shape index (κ3) is 5.10. The molecule has 1 aliphatic heterocycles. The lowest BCUT2D eigenvalue weighted by atomic mass is 9.97. The number of nitrogens with zero attached hydrogens (tertiary/aromatic N) is 1. The van der Waals surface area contributed by atoms with Crippen LogP contribution in [-0.2, 0) is 6.42 Å². The van der Waals surface area contributed by atoms with Crippen molar-refractivity contribution in [3.63, 3.8) is 0 Å². The molecule has 1 unspecified atom stereocenters. The van der Waals surface area contributed by atoms with E-state index in [4.69, 9.17) is 0 Å². The minimum absolute atomic E-state index is 0.150. The highest BCUT2D eigenvalue weighted by Crippen LogP contribution is 2.20. The number of aliphatic hydroxyl groups is 1. The van der Waals surface area contributed by atoms with Crippen LogP contribution < -0.4 is 5.32 Å². The molecule has 0 radical (unpaired) electrons. The first-order chi connectivity index (χ1) is 9.99. The summed E-state index contributed by atoms with van der Waals surface area (Å²) in [5.41, 5.74) is 1.52. The fraction of sp³-hybridized carbons (Fsp3) is 0.667. The fourth-order valence-electron chi connectivity index (χ4n) is 3.13. The van der Waals surface area contributed by atoms with Gasteiger partial charge in [0.05, 0.1) is 6.61 Å². The predicted octanol–water partition coefficient (Wildman–Crippen LogP) is 2.44. The number of likely N-dealkylation sites (tertiary alicyclic amines) is 1. The Bertz CT molecular complexity index is 413. The van der Waals surface area contributed by atoms with Crippen LogP contribution >= 0.6 is 0 Å². The Balaban J connectivity index is 1.89. The Hall–Kier alpha value is -0.900. The Morgan fingerprint density at radius 1 is 1.29 bits per heavy atom. The van der Waals surface area contributed by atoms with E-state index >= 15 is 0 Å². The van der Waals surface area contributed by atoms with Gasteiger partial charge in [-0.1, -0.05) is 30.3 Å². The van der Waals surface area contributed by atoms with E-state index < -0.39 is 0 Å². The molecule has 3 heteroatoms. The number of hydrogen-bond acceptors (Lipinski definition) is 3. The zero-order valence-electron chi connectivity index (χ0n) is 13.7. The van der Waals surface area contributed by atoms with Crippen molar-refractivity contribution in [2.45, 2.75) is 57.7 Å². The van der Waals surface area contributed by atoms with Gasteiger partial charge in [-0.05, 0) is 52.1 Å². The molecule has 1 aromatic carbocycles. The maximum atomic E-state index is 9.67. The monoisotopic (exact) mass is 290 g/mol. The summed E-state index contributed by atoms with van der Waals surface area (Å²) in [5.74, 6) is 0. The van der Waals surface area contributed by atoms with Crippen LogP contribution in [0.4, 0.5) is 0 Å². The topological polar surface area (TPSA) is 35.5 Å². The highest BCUT2D eigenvalue weighted by molar-refractivity contribution is 5.16. The molecule has 0 aliphatic carbocycles. The zero-order chi connectivity index (χ0) is 15.3. The molecule has 2 rings (SSSR count). The van der Waals surface area contributed by atoms with Gasteiger partial charge >= 0.3 is 0 Å². The summed E-state index contributed by atoms with van der Waals surface area (Å²) in [4.78, 5) is 2.55. The van der Waals surface area contributed by atoms with Crippen LogP contribution in [0.5, 0.6) is 0 Å². The smallest absolute Gasteiger partial charge is 0.0587 e. The number of nitrogens with one attached hydrogen (secondary N) is 1.